The Hall–Kier alpha value is -2.45. The Morgan fingerprint density at radius 1 is 0.963 bits per heavy atom. The Kier molecular flexibility index (Phi) is 6.78. The van der Waals surface area contributed by atoms with Gasteiger partial charge in [-0.05, 0) is 18.2 Å². The van der Waals surface area contributed by atoms with Crippen LogP contribution in [-0.2, 0) is 18.9 Å². The van der Waals surface area contributed by atoms with Crippen molar-refractivity contribution in [2.45, 2.75) is 6.29 Å². The van der Waals surface area contributed by atoms with E-state index in [9.17, 15) is 4.79 Å². The summed E-state index contributed by atoms with van der Waals surface area (Å²) < 4.78 is 32.0. The summed E-state index contributed by atoms with van der Waals surface area (Å²) in [5.41, 5.74) is 1.52. The molecule has 0 N–H and O–H groups in total. The summed E-state index contributed by atoms with van der Waals surface area (Å²) in [5.74, 6) is 0.671. The minimum Gasteiger partial charge on any atom is -0.468 e. The molecule has 1 aliphatic heterocycles. The summed E-state index contributed by atoms with van der Waals surface area (Å²) in [4.78, 5) is 13.3. The molecule has 0 saturated carbocycles. The number of ketones is 1. The van der Waals surface area contributed by atoms with Gasteiger partial charge >= 0.3 is 0 Å². The first-order valence-electron chi connectivity index (χ1n) is 8.49. The molecule has 0 amide bonds. The third-order valence-electron chi connectivity index (χ3n) is 3.95. The highest BCUT2D eigenvalue weighted by molar-refractivity contribution is 6.11. The van der Waals surface area contributed by atoms with Crippen LogP contribution in [0.25, 0.3) is 0 Å². The van der Waals surface area contributed by atoms with Crippen LogP contribution in [-0.4, -0.2) is 46.8 Å². The highest BCUT2D eigenvalue weighted by atomic mass is 16.7. The van der Waals surface area contributed by atoms with E-state index >= 15 is 0 Å². The summed E-state index contributed by atoms with van der Waals surface area (Å²) in [6, 6.07) is 12.2. The van der Waals surface area contributed by atoms with Gasteiger partial charge < -0.3 is 28.4 Å². The second-order valence-electron chi connectivity index (χ2n) is 5.75. The van der Waals surface area contributed by atoms with E-state index in [1.165, 1.54) is 14.2 Å². The van der Waals surface area contributed by atoms with E-state index in [1.54, 1.807) is 30.3 Å². The summed E-state index contributed by atoms with van der Waals surface area (Å²) in [6.07, 6.45) is -0.554. The normalized spacial score (nSPS) is 14.3. The van der Waals surface area contributed by atoms with E-state index in [1.807, 2.05) is 12.1 Å². The van der Waals surface area contributed by atoms with Gasteiger partial charge in [0.15, 0.2) is 25.7 Å². The number of carbonyl (C=O) groups is 1. The highest BCUT2D eigenvalue weighted by Gasteiger charge is 2.26. The van der Waals surface area contributed by atoms with Gasteiger partial charge in [0.25, 0.3) is 0 Å². The van der Waals surface area contributed by atoms with Crippen molar-refractivity contribution in [3.8, 4) is 11.5 Å². The van der Waals surface area contributed by atoms with Crippen LogP contribution >= 0.6 is 0 Å². The minimum atomic E-state index is -0.554. The Balaban J connectivity index is 1.97. The quantitative estimate of drug-likeness (QED) is 0.494. The highest BCUT2D eigenvalue weighted by Crippen LogP contribution is 2.31. The van der Waals surface area contributed by atoms with Crippen LogP contribution in [0.5, 0.6) is 11.5 Å². The van der Waals surface area contributed by atoms with Crippen LogP contribution < -0.4 is 9.47 Å². The fraction of sp³-hybridized carbons (Fsp3) is 0.350. The van der Waals surface area contributed by atoms with Gasteiger partial charge in [-0.2, -0.15) is 0 Å². The number of methoxy groups -OCH3 is 2. The van der Waals surface area contributed by atoms with E-state index in [0.29, 0.717) is 41.4 Å². The third-order valence-corrected chi connectivity index (χ3v) is 3.95. The maximum atomic E-state index is 13.3. The van der Waals surface area contributed by atoms with Crippen LogP contribution in [0, 0.1) is 0 Å². The van der Waals surface area contributed by atoms with Crippen molar-refractivity contribution in [2.75, 3.05) is 41.0 Å². The Morgan fingerprint density at radius 2 is 1.67 bits per heavy atom. The molecule has 144 valence electrons. The molecule has 1 heterocycles. The number of hydrogen-bond donors (Lipinski definition) is 0. The van der Waals surface area contributed by atoms with Crippen LogP contribution in [0.1, 0.15) is 27.8 Å². The average Bonchev–Trinajstić information content (AvgIpc) is 3.25. The maximum Gasteiger partial charge on any atom is 0.197 e. The summed E-state index contributed by atoms with van der Waals surface area (Å²) in [5, 5.41) is 0. The Labute approximate surface area is 157 Å². The van der Waals surface area contributed by atoms with Crippen LogP contribution in [0.2, 0.25) is 0 Å². The first-order chi connectivity index (χ1) is 13.2. The molecule has 0 radical (unpaired) electrons. The van der Waals surface area contributed by atoms with E-state index in [2.05, 4.69) is 0 Å². The van der Waals surface area contributed by atoms with Gasteiger partial charge in [0.1, 0.15) is 11.5 Å². The second-order valence-corrected chi connectivity index (χ2v) is 5.75. The van der Waals surface area contributed by atoms with E-state index in [0.717, 1.165) is 0 Å². The molecule has 7 heteroatoms. The molecule has 7 nitrogen and oxygen atoms in total. The van der Waals surface area contributed by atoms with Gasteiger partial charge in [0.2, 0.25) is 0 Å². The van der Waals surface area contributed by atoms with Crippen molar-refractivity contribution >= 4 is 5.78 Å². The van der Waals surface area contributed by atoms with Crippen molar-refractivity contribution in [1.82, 2.24) is 0 Å². The van der Waals surface area contributed by atoms with Crippen LogP contribution in [0.4, 0.5) is 0 Å². The lowest BCUT2D eigenvalue weighted by molar-refractivity contribution is -0.0444. The lowest BCUT2D eigenvalue weighted by Crippen LogP contribution is -2.12. The zero-order valence-corrected chi connectivity index (χ0v) is 15.3. The van der Waals surface area contributed by atoms with Crippen LogP contribution in [0.15, 0.2) is 42.5 Å². The smallest absolute Gasteiger partial charge is 0.197 e. The lowest BCUT2D eigenvalue weighted by atomic mass is 9.97. The maximum absolute atomic E-state index is 13.3. The minimum absolute atomic E-state index is 0.0229. The van der Waals surface area contributed by atoms with Gasteiger partial charge in [-0.1, -0.05) is 24.3 Å². The second kappa shape index (κ2) is 9.48. The fourth-order valence-corrected chi connectivity index (χ4v) is 2.74. The molecule has 1 fully saturated rings. The van der Waals surface area contributed by atoms with Crippen molar-refractivity contribution < 1.29 is 33.2 Å². The van der Waals surface area contributed by atoms with Crippen molar-refractivity contribution in [3.05, 3.63) is 59.2 Å². The summed E-state index contributed by atoms with van der Waals surface area (Å²) >= 11 is 0. The van der Waals surface area contributed by atoms with E-state index < -0.39 is 6.29 Å². The molecule has 3 rings (SSSR count). The molecule has 1 saturated heterocycles. The first-order valence-corrected chi connectivity index (χ1v) is 8.49. The largest absolute Gasteiger partial charge is 0.468 e. The predicted molar refractivity (Wildman–Crippen MR) is 96.0 cm³/mol. The molecule has 1 aliphatic rings. The number of benzene rings is 2. The van der Waals surface area contributed by atoms with Gasteiger partial charge in [-0.15, -0.1) is 0 Å². The lowest BCUT2D eigenvalue weighted by Gasteiger charge is -2.16. The monoisotopic (exact) mass is 374 g/mol. The fourth-order valence-electron chi connectivity index (χ4n) is 2.74. The van der Waals surface area contributed by atoms with Gasteiger partial charge in [0.05, 0.1) is 18.8 Å². The molecule has 0 aliphatic carbocycles. The molecule has 2 aromatic rings. The first kappa shape index (κ1) is 19.3. The zero-order valence-electron chi connectivity index (χ0n) is 15.3. The molecule has 0 unspecified atom stereocenters. The Morgan fingerprint density at radius 3 is 2.41 bits per heavy atom. The van der Waals surface area contributed by atoms with Crippen molar-refractivity contribution in [3.63, 3.8) is 0 Å². The van der Waals surface area contributed by atoms with Gasteiger partial charge in [0, 0.05) is 25.3 Å². The topological polar surface area (TPSA) is 72.5 Å². The molecule has 0 spiro atoms. The van der Waals surface area contributed by atoms with Crippen molar-refractivity contribution in [1.29, 1.82) is 0 Å². The number of hydrogen-bond acceptors (Lipinski definition) is 7. The Bertz CT molecular complexity index is 769. The zero-order chi connectivity index (χ0) is 19.1. The van der Waals surface area contributed by atoms with Crippen molar-refractivity contribution in [2.24, 2.45) is 0 Å². The third kappa shape index (κ3) is 4.64. The molecular weight excluding hydrogens is 352 g/mol. The standard InChI is InChI=1S/C20H22O7/c1-22-12-26-14-7-8-18(27-13-23-2)17(11-14)19(21)15-5-3-4-6-16(15)20-24-9-10-25-20/h3-8,11,20H,9-10,12-13H2,1-2H3. The molecule has 27 heavy (non-hydrogen) atoms. The van der Waals surface area contributed by atoms with Gasteiger partial charge in [-0.25, -0.2) is 0 Å². The number of rotatable bonds is 9. The van der Waals surface area contributed by atoms with E-state index in [4.69, 9.17) is 28.4 Å². The van der Waals surface area contributed by atoms with Crippen LogP contribution in [0.3, 0.4) is 0 Å². The molecule has 0 bridgehead atoms. The number of carbonyl (C=O) groups excluding carboxylic acids is 1. The molecule has 0 aromatic heterocycles. The molecule has 0 atom stereocenters. The summed E-state index contributed by atoms with van der Waals surface area (Å²) in [6.45, 7) is 1.09. The number of ether oxygens (including phenoxy) is 6. The van der Waals surface area contributed by atoms with E-state index in [-0.39, 0.29) is 19.4 Å². The SMILES string of the molecule is COCOc1ccc(OCOC)c(C(=O)c2ccccc2C2OCCO2)c1. The summed E-state index contributed by atoms with van der Waals surface area (Å²) in [7, 11) is 3.04. The molecular formula is C20H22O7. The molecule has 2 aromatic carbocycles. The van der Waals surface area contributed by atoms with Gasteiger partial charge in [-0.3, -0.25) is 4.79 Å². The predicted octanol–water partition coefficient (Wildman–Crippen LogP) is 2.93. The average molecular weight is 374 g/mol.